The van der Waals surface area contributed by atoms with Crippen LogP contribution in [0.1, 0.15) is 0 Å². The molecule has 0 saturated carbocycles. The van der Waals surface area contributed by atoms with E-state index in [9.17, 15) is 9.59 Å². The molecule has 126 valence electrons. The van der Waals surface area contributed by atoms with Gasteiger partial charge in [-0.3, -0.25) is 9.59 Å². The molecule has 4 nitrogen and oxygen atoms in total. The minimum Gasteiger partial charge on any atom is -0.456 e. The van der Waals surface area contributed by atoms with Gasteiger partial charge in [0.15, 0.2) is 5.58 Å². The van der Waals surface area contributed by atoms with E-state index in [1.54, 1.807) is 48.5 Å². The van der Waals surface area contributed by atoms with Crippen LogP contribution in [0.15, 0.2) is 75.9 Å². The first-order valence-corrected chi connectivity index (χ1v) is 9.33. The second-order valence-electron chi connectivity index (χ2n) is 5.96. The summed E-state index contributed by atoms with van der Waals surface area (Å²) in [6.45, 7) is 0. The smallest absolute Gasteiger partial charge is 0.204 e. The molecule has 0 atom stereocenters. The minimum atomic E-state index is -0.225. The van der Waals surface area contributed by atoms with Crippen LogP contribution in [0.2, 0.25) is 0 Å². The number of hydrogen-bond acceptors (Lipinski definition) is 4. The minimum absolute atomic E-state index is 0.175. The van der Waals surface area contributed by atoms with Crippen LogP contribution < -0.4 is 10.9 Å². The molecule has 0 aliphatic heterocycles. The van der Waals surface area contributed by atoms with Gasteiger partial charge in [0.2, 0.25) is 10.9 Å². The first-order valence-electron chi connectivity index (χ1n) is 7.74. The summed E-state index contributed by atoms with van der Waals surface area (Å²) >= 11 is 6.76. The van der Waals surface area contributed by atoms with Gasteiger partial charge in [0.1, 0.15) is 22.1 Å². The summed E-state index contributed by atoms with van der Waals surface area (Å²) < 4.78 is 13.5. The molecule has 0 bridgehead atoms. The molecule has 0 unspecified atom stereocenters. The van der Waals surface area contributed by atoms with Crippen molar-refractivity contribution in [3.8, 4) is 0 Å². The predicted octanol–water partition coefficient (Wildman–Crippen LogP) is 5.73. The molecule has 2 aromatic heterocycles. The van der Waals surface area contributed by atoms with Crippen molar-refractivity contribution in [2.24, 2.45) is 0 Å². The third-order valence-corrected chi connectivity index (χ3v) is 5.39. The lowest BCUT2D eigenvalue weighted by molar-refractivity contribution is 0.649. The van der Waals surface area contributed by atoms with Gasteiger partial charge in [-0.05, 0) is 48.5 Å². The molecule has 5 aromatic rings. The number of benzene rings is 3. The van der Waals surface area contributed by atoms with Crippen molar-refractivity contribution >= 4 is 75.7 Å². The van der Waals surface area contributed by atoms with Gasteiger partial charge in [0, 0.05) is 8.95 Å². The number of rotatable bonds is 0. The largest absolute Gasteiger partial charge is 0.456 e. The van der Waals surface area contributed by atoms with Gasteiger partial charge in [-0.15, -0.1) is 0 Å². The number of hydrogen-bond donors (Lipinski definition) is 0. The van der Waals surface area contributed by atoms with Crippen LogP contribution >= 0.6 is 31.9 Å². The molecule has 0 aliphatic carbocycles. The van der Waals surface area contributed by atoms with Gasteiger partial charge in [0.05, 0.1) is 16.2 Å². The Morgan fingerprint density at radius 3 is 1.88 bits per heavy atom. The highest BCUT2D eigenvalue weighted by molar-refractivity contribution is 9.10. The average molecular weight is 472 g/mol. The molecule has 0 aliphatic rings. The third kappa shape index (κ3) is 2.19. The van der Waals surface area contributed by atoms with E-state index >= 15 is 0 Å². The summed E-state index contributed by atoms with van der Waals surface area (Å²) in [6.07, 6.45) is 0. The normalized spacial score (nSPS) is 11.8. The van der Waals surface area contributed by atoms with Crippen molar-refractivity contribution in [2.75, 3.05) is 0 Å². The Kier molecular flexibility index (Phi) is 3.36. The van der Waals surface area contributed by atoms with E-state index in [1.807, 2.05) is 0 Å². The molecule has 6 heteroatoms. The highest BCUT2D eigenvalue weighted by Crippen LogP contribution is 2.29. The van der Waals surface area contributed by atoms with E-state index in [2.05, 4.69) is 31.9 Å². The molecule has 0 radical (unpaired) electrons. The van der Waals surface area contributed by atoms with Crippen molar-refractivity contribution in [3.05, 3.63) is 77.9 Å². The highest BCUT2D eigenvalue weighted by Gasteiger charge is 2.16. The lowest BCUT2D eigenvalue weighted by Crippen LogP contribution is -2.07. The Labute approximate surface area is 162 Å². The van der Waals surface area contributed by atoms with Crippen molar-refractivity contribution < 1.29 is 8.83 Å². The van der Waals surface area contributed by atoms with Crippen LogP contribution in [0.25, 0.3) is 43.9 Å². The molecular weight excluding hydrogens is 464 g/mol. The molecular formula is C20H8Br2O4. The monoisotopic (exact) mass is 470 g/mol. The van der Waals surface area contributed by atoms with E-state index in [1.165, 1.54) is 0 Å². The zero-order valence-corrected chi connectivity index (χ0v) is 16.2. The summed E-state index contributed by atoms with van der Waals surface area (Å²) in [5.41, 5.74) is 1.12. The maximum atomic E-state index is 13.1. The summed E-state index contributed by atoms with van der Waals surface area (Å²) in [7, 11) is 0. The molecule has 26 heavy (non-hydrogen) atoms. The van der Waals surface area contributed by atoms with Gasteiger partial charge in [0.25, 0.3) is 0 Å². The van der Waals surface area contributed by atoms with Crippen LogP contribution in [0.4, 0.5) is 0 Å². The Bertz CT molecular complexity index is 1500. The number of fused-ring (bicyclic) bond motifs is 5. The summed E-state index contributed by atoms with van der Waals surface area (Å²) in [5, 5.41) is 1.53. The molecule has 5 rings (SSSR count). The van der Waals surface area contributed by atoms with Gasteiger partial charge in [-0.1, -0.05) is 31.9 Å². The molecule has 2 heterocycles. The fourth-order valence-corrected chi connectivity index (χ4v) is 3.87. The van der Waals surface area contributed by atoms with Crippen molar-refractivity contribution in [2.45, 2.75) is 0 Å². The van der Waals surface area contributed by atoms with Crippen molar-refractivity contribution in [3.63, 3.8) is 0 Å². The first-order chi connectivity index (χ1) is 12.5. The Morgan fingerprint density at radius 2 is 1.19 bits per heavy atom. The Hall–Kier alpha value is -2.44. The summed E-state index contributed by atoms with van der Waals surface area (Å²) in [5.74, 6) is 0. The topological polar surface area (TPSA) is 60.4 Å². The highest BCUT2D eigenvalue weighted by atomic mass is 79.9. The van der Waals surface area contributed by atoms with Crippen molar-refractivity contribution in [1.82, 2.24) is 0 Å². The quantitative estimate of drug-likeness (QED) is 0.214. The lowest BCUT2D eigenvalue weighted by Gasteiger charge is -2.06. The van der Waals surface area contributed by atoms with Crippen LogP contribution in [-0.4, -0.2) is 0 Å². The van der Waals surface area contributed by atoms with Crippen LogP contribution in [0.5, 0.6) is 0 Å². The zero-order chi connectivity index (χ0) is 18.0. The van der Waals surface area contributed by atoms with Crippen LogP contribution in [0, 0.1) is 0 Å². The van der Waals surface area contributed by atoms with Gasteiger partial charge in [-0.2, -0.15) is 0 Å². The molecule has 0 spiro atoms. The molecule has 0 saturated heterocycles. The summed E-state index contributed by atoms with van der Waals surface area (Å²) in [4.78, 5) is 25.9. The van der Waals surface area contributed by atoms with Crippen molar-refractivity contribution in [1.29, 1.82) is 0 Å². The molecule has 0 fully saturated rings. The van der Waals surface area contributed by atoms with Gasteiger partial charge in [-0.25, -0.2) is 0 Å². The van der Waals surface area contributed by atoms with E-state index in [0.717, 1.165) is 8.95 Å². The Balaban J connectivity index is 2.07. The second kappa shape index (κ2) is 5.53. The van der Waals surface area contributed by atoms with Gasteiger partial charge < -0.3 is 8.83 Å². The molecule has 0 N–H and O–H groups in total. The Morgan fingerprint density at radius 1 is 0.615 bits per heavy atom. The SMILES string of the molecule is O=c1c2ccc(Br)cc2oc2c1ccc1oc3cc(Br)ccc3c(=O)c12. The van der Waals surface area contributed by atoms with E-state index in [-0.39, 0.29) is 21.8 Å². The maximum absolute atomic E-state index is 13.1. The standard InChI is InChI=1S/C20H8Br2O4/c21-9-2-4-12-15(7-9)25-14-6-5-13-18(23)11-3-1-10(22)8-16(11)26-20(13)17(14)19(12)24/h1-8H. The zero-order valence-electron chi connectivity index (χ0n) is 13.0. The fraction of sp³-hybridized carbons (Fsp3) is 0. The summed E-state index contributed by atoms with van der Waals surface area (Å²) in [6, 6.07) is 13.7. The van der Waals surface area contributed by atoms with E-state index in [4.69, 9.17) is 8.83 Å². The third-order valence-electron chi connectivity index (χ3n) is 4.40. The van der Waals surface area contributed by atoms with Crippen LogP contribution in [0.3, 0.4) is 0 Å². The lowest BCUT2D eigenvalue weighted by atomic mass is 10.1. The number of halogens is 2. The second-order valence-corrected chi connectivity index (χ2v) is 7.79. The molecule has 3 aromatic carbocycles. The maximum Gasteiger partial charge on any atom is 0.204 e. The first kappa shape index (κ1) is 15.8. The van der Waals surface area contributed by atoms with Crippen LogP contribution in [-0.2, 0) is 0 Å². The molecule has 0 amide bonds. The van der Waals surface area contributed by atoms with E-state index < -0.39 is 0 Å². The van der Waals surface area contributed by atoms with Gasteiger partial charge >= 0.3 is 0 Å². The predicted molar refractivity (Wildman–Crippen MR) is 109 cm³/mol. The average Bonchev–Trinajstić information content (AvgIpc) is 2.61. The van der Waals surface area contributed by atoms with E-state index in [0.29, 0.717) is 32.9 Å². The fourth-order valence-electron chi connectivity index (χ4n) is 3.19.